The highest BCUT2D eigenvalue weighted by Crippen LogP contribution is 2.16. The minimum absolute atomic E-state index is 0.130. The highest BCUT2D eigenvalue weighted by Gasteiger charge is 2.07. The fourth-order valence-corrected chi connectivity index (χ4v) is 1.78. The van der Waals surface area contributed by atoms with Gasteiger partial charge in [0.05, 0.1) is 6.26 Å². The lowest BCUT2D eigenvalue weighted by Gasteiger charge is -2.07. The molecule has 0 spiro atoms. The van der Waals surface area contributed by atoms with E-state index in [1.807, 2.05) is 0 Å². The number of carbonyl (C=O) groups excluding carboxylic acids is 1. The van der Waals surface area contributed by atoms with Crippen LogP contribution in [0.5, 0.6) is 5.75 Å². The van der Waals surface area contributed by atoms with Crippen LogP contribution in [0.15, 0.2) is 18.2 Å². The summed E-state index contributed by atoms with van der Waals surface area (Å²) in [6.07, 6.45) is 1.05. The van der Waals surface area contributed by atoms with Crippen molar-refractivity contribution in [1.82, 2.24) is 10.0 Å². The van der Waals surface area contributed by atoms with E-state index >= 15 is 0 Å². The molecule has 0 radical (unpaired) electrons. The second kappa shape index (κ2) is 5.83. The van der Waals surface area contributed by atoms with Gasteiger partial charge >= 0.3 is 0 Å². The van der Waals surface area contributed by atoms with Crippen LogP contribution >= 0.6 is 0 Å². The van der Waals surface area contributed by atoms with Gasteiger partial charge in [-0.15, -0.1) is 0 Å². The first-order valence-corrected chi connectivity index (χ1v) is 7.21. The summed E-state index contributed by atoms with van der Waals surface area (Å²) in [5.74, 6) is -0.182. The van der Waals surface area contributed by atoms with E-state index in [1.54, 1.807) is 13.0 Å². The molecule has 0 bridgehead atoms. The van der Waals surface area contributed by atoms with E-state index < -0.39 is 10.0 Å². The maximum atomic E-state index is 11.7. The van der Waals surface area contributed by atoms with Crippen LogP contribution in [0.2, 0.25) is 0 Å². The van der Waals surface area contributed by atoms with Crippen molar-refractivity contribution in [3.63, 3.8) is 0 Å². The van der Waals surface area contributed by atoms with Crippen LogP contribution in [0, 0.1) is 6.92 Å². The van der Waals surface area contributed by atoms with Gasteiger partial charge in [-0.25, -0.2) is 13.1 Å². The molecule has 3 N–H and O–H groups in total. The summed E-state index contributed by atoms with van der Waals surface area (Å²) in [4.78, 5) is 11.7. The molecule has 1 aromatic carbocycles. The molecule has 0 saturated heterocycles. The number of benzene rings is 1. The number of sulfonamides is 1. The van der Waals surface area contributed by atoms with E-state index in [1.165, 1.54) is 12.1 Å². The highest BCUT2D eigenvalue weighted by molar-refractivity contribution is 7.88. The predicted octanol–water partition coefficient (Wildman–Crippen LogP) is -0.0204. The molecular formula is C11H16N2O4S. The van der Waals surface area contributed by atoms with E-state index in [-0.39, 0.29) is 24.7 Å². The molecule has 0 saturated carbocycles. The molecule has 0 aliphatic rings. The fraction of sp³-hybridized carbons (Fsp3) is 0.364. The van der Waals surface area contributed by atoms with E-state index in [4.69, 9.17) is 0 Å². The van der Waals surface area contributed by atoms with Gasteiger partial charge in [0.15, 0.2) is 0 Å². The standard InChI is InChI=1S/C11H16N2O4S/c1-8-7-9(3-4-10(8)14)11(15)12-5-6-13-18(2,16)17/h3-4,7,13-14H,5-6H2,1-2H3,(H,12,15). The summed E-state index contributed by atoms with van der Waals surface area (Å²) in [7, 11) is -3.23. The largest absolute Gasteiger partial charge is 0.508 e. The molecule has 100 valence electrons. The van der Waals surface area contributed by atoms with Gasteiger partial charge in [0.1, 0.15) is 5.75 Å². The normalized spacial score (nSPS) is 11.2. The Morgan fingerprint density at radius 2 is 2.00 bits per heavy atom. The van der Waals surface area contributed by atoms with Crippen molar-refractivity contribution in [3.8, 4) is 5.75 Å². The smallest absolute Gasteiger partial charge is 0.251 e. The number of carbonyl (C=O) groups is 1. The average molecular weight is 272 g/mol. The molecule has 7 heteroatoms. The van der Waals surface area contributed by atoms with Gasteiger partial charge in [-0.3, -0.25) is 4.79 Å². The minimum atomic E-state index is -3.23. The number of rotatable bonds is 5. The van der Waals surface area contributed by atoms with Gasteiger partial charge in [-0.2, -0.15) is 0 Å². The zero-order valence-corrected chi connectivity index (χ0v) is 11.0. The molecule has 0 heterocycles. The average Bonchev–Trinajstić information content (AvgIpc) is 2.26. The second-order valence-corrected chi connectivity index (χ2v) is 5.76. The Morgan fingerprint density at radius 3 is 2.56 bits per heavy atom. The van der Waals surface area contributed by atoms with E-state index in [0.29, 0.717) is 11.1 Å². The summed E-state index contributed by atoms with van der Waals surface area (Å²) in [6, 6.07) is 4.51. The quantitative estimate of drug-likeness (QED) is 0.656. The summed E-state index contributed by atoms with van der Waals surface area (Å²) in [5.41, 5.74) is 1.03. The van der Waals surface area contributed by atoms with Crippen LogP contribution < -0.4 is 10.0 Å². The zero-order valence-electron chi connectivity index (χ0n) is 10.2. The third-order valence-electron chi connectivity index (χ3n) is 2.23. The molecule has 6 nitrogen and oxygen atoms in total. The molecule has 1 rings (SSSR count). The summed E-state index contributed by atoms with van der Waals surface area (Å²) in [6.45, 7) is 2.03. The number of hydrogen-bond donors (Lipinski definition) is 3. The molecular weight excluding hydrogens is 256 g/mol. The molecule has 0 aliphatic heterocycles. The van der Waals surface area contributed by atoms with Crippen LogP contribution in [-0.2, 0) is 10.0 Å². The van der Waals surface area contributed by atoms with E-state index in [9.17, 15) is 18.3 Å². The number of hydrogen-bond acceptors (Lipinski definition) is 4. The lowest BCUT2D eigenvalue weighted by Crippen LogP contribution is -2.34. The Bertz CT molecular complexity index is 540. The van der Waals surface area contributed by atoms with Crippen LogP contribution in [-0.4, -0.2) is 38.8 Å². The first-order chi connectivity index (χ1) is 8.29. The summed E-state index contributed by atoms with van der Waals surface area (Å²) < 4.78 is 23.8. The van der Waals surface area contributed by atoms with E-state index in [0.717, 1.165) is 6.26 Å². The Balaban J connectivity index is 2.48. The van der Waals surface area contributed by atoms with Gasteiger partial charge in [-0.05, 0) is 30.7 Å². The van der Waals surface area contributed by atoms with Crippen molar-refractivity contribution in [2.24, 2.45) is 0 Å². The number of amides is 1. The fourth-order valence-electron chi connectivity index (χ4n) is 1.31. The van der Waals surface area contributed by atoms with Crippen LogP contribution in [0.4, 0.5) is 0 Å². The maximum Gasteiger partial charge on any atom is 0.251 e. The first-order valence-electron chi connectivity index (χ1n) is 5.32. The van der Waals surface area contributed by atoms with Crippen LogP contribution in [0.25, 0.3) is 0 Å². The molecule has 0 atom stereocenters. The Kier molecular flexibility index (Phi) is 4.69. The Morgan fingerprint density at radius 1 is 1.33 bits per heavy atom. The number of phenols is 1. The third kappa shape index (κ3) is 4.72. The van der Waals surface area contributed by atoms with Crippen LogP contribution in [0.3, 0.4) is 0 Å². The Hall–Kier alpha value is -1.60. The minimum Gasteiger partial charge on any atom is -0.508 e. The molecule has 0 fully saturated rings. The molecule has 0 aliphatic carbocycles. The molecule has 18 heavy (non-hydrogen) atoms. The third-order valence-corrected chi connectivity index (χ3v) is 2.96. The summed E-state index contributed by atoms with van der Waals surface area (Å²) >= 11 is 0. The van der Waals surface area contributed by atoms with Gasteiger partial charge in [-0.1, -0.05) is 0 Å². The predicted molar refractivity (Wildman–Crippen MR) is 68.0 cm³/mol. The first kappa shape index (κ1) is 14.5. The zero-order chi connectivity index (χ0) is 13.8. The van der Waals surface area contributed by atoms with Crippen molar-refractivity contribution in [3.05, 3.63) is 29.3 Å². The number of nitrogens with one attached hydrogen (secondary N) is 2. The number of aromatic hydroxyl groups is 1. The van der Waals surface area contributed by atoms with Crippen molar-refractivity contribution in [2.45, 2.75) is 6.92 Å². The van der Waals surface area contributed by atoms with Gasteiger partial charge in [0, 0.05) is 18.7 Å². The van der Waals surface area contributed by atoms with Gasteiger partial charge in [0.2, 0.25) is 10.0 Å². The van der Waals surface area contributed by atoms with E-state index in [2.05, 4.69) is 10.0 Å². The van der Waals surface area contributed by atoms with Gasteiger partial charge in [0.25, 0.3) is 5.91 Å². The number of aryl methyl sites for hydroxylation is 1. The molecule has 0 aromatic heterocycles. The summed E-state index contributed by atoms with van der Waals surface area (Å²) in [5, 5.41) is 11.9. The van der Waals surface area contributed by atoms with Crippen molar-refractivity contribution in [1.29, 1.82) is 0 Å². The monoisotopic (exact) mass is 272 g/mol. The molecule has 1 aromatic rings. The topological polar surface area (TPSA) is 95.5 Å². The lowest BCUT2D eigenvalue weighted by molar-refractivity contribution is 0.0954. The SMILES string of the molecule is Cc1cc(C(=O)NCCNS(C)(=O)=O)ccc1O. The highest BCUT2D eigenvalue weighted by atomic mass is 32.2. The van der Waals surface area contributed by atoms with Crippen molar-refractivity contribution >= 4 is 15.9 Å². The van der Waals surface area contributed by atoms with Gasteiger partial charge < -0.3 is 10.4 Å². The number of phenolic OH excluding ortho intramolecular Hbond substituents is 1. The molecule has 0 unspecified atom stereocenters. The van der Waals surface area contributed by atoms with Crippen molar-refractivity contribution < 1.29 is 18.3 Å². The maximum absolute atomic E-state index is 11.7. The Labute approximate surface area is 106 Å². The molecule has 1 amide bonds. The second-order valence-electron chi connectivity index (χ2n) is 3.92. The van der Waals surface area contributed by atoms with Crippen molar-refractivity contribution in [2.75, 3.05) is 19.3 Å². The lowest BCUT2D eigenvalue weighted by atomic mass is 10.1. The van der Waals surface area contributed by atoms with Crippen LogP contribution in [0.1, 0.15) is 15.9 Å².